The molecule has 23 heavy (non-hydrogen) atoms. The fraction of sp³-hybridized carbons (Fsp3) is 0.263. The zero-order valence-corrected chi connectivity index (χ0v) is 13.1. The van der Waals surface area contributed by atoms with Gasteiger partial charge in [-0.25, -0.2) is 0 Å². The van der Waals surface area contributed by atoms with Gasteiger partial charge in [-0.2, -0.15) is 4.98 Å². The van der Waals surface area contributed by atoms with Crippen molar-refractivity contribution < 1.29 is 4.52 Å². The van der Waals surface area contributed by atoms with Gasteiger partial charge < -0.3 is 9.42 Å². The molecule has 0 radical (unpaired) electrons. The van der Waals surface area contributed by atoms with Crippen LogP contribution in [0.3, 0.4) is 0 Å². The average molecular weight is 305 g/mol. The van der Waals surface area contributed by atoms with Crippen LogP contribution in [-0.2, 0) is 13.0 Å². The van der Waals surface area contributed by atoms with Crippen LogP contribution >= 0.6 is 0 Å². The second-order valence-electron chi connectivity index (χ2n) is 6.02. The Kier molecular flexibility index (Phi) is 3.58. The number of benzene rings is 2. The third-order valence-electron chi connectivity index (χ3n) is 4.47. The first-order valence-corrected chi connectivity index (χ1v) is 8.04. The fourth-order valence-electron chi connectivity index (χ4n) is 3.17. The molecule has 0 saturated heterocycles. The van der Waals surface area contributed by atoms with Crippen molar-refractivity contribution in [2.45, 2.75) is 32.4 Å². The van der Waals surface area contributed by atoms with Crippen LogP contribution in [0.2, 0.25) is 0 Å². The number of fused-ring (bicyclic) bond motifs is 1. The lowest BCUT2D eigenvalue weighted by Crippen LogP contribution is -2.36. The highest BCUT2D eigenvalue weighted by molar-refractivity contribution is 5.57. The Morgan fingerprint density at radius 3 is 2.74 bits per heavy atom. The van der Waals surface area contributed by atoms with E-state index in [9.17, 15) is 0 Å². The summed E-state index contributed by atoms with van der Waals surface area (Å²) in [5.74, 6) is 1.31. The molecule has 2 aromatic carbocycles. The predicted octanol–water partition coefficient (Wildman–Crippen LogP) is 4.08. The van der Waals surface area contributed by atoms with Gasteiger partial charge in [0.1, 0.15) is 0 Å². The summed E-state index contributed by atoms with van der Waals surface area (Å²) in [6, 6.07) is 19.0. The van der Waals surface area contributed by atoms with Crippen molar-refractivity contribution in [2.24, 2.45) is 0 Å². The topological polar surface area (TPSA) is 42.2 Å². The Labute approximate surface area is 135 Å². The quantitative estimate of drug-likeness (QED) is 0.731. The van der Waals surface area contributed by atoms with Gasteiger partial charge in [-0.1, -0.05) is 53.7 Å². The zero-order chi connectivity index (χ0) is 15.6. The van der Waals surface area contributed by atoms with Crippen LogP contribution in [0.4, 0.5) is 5.69 Å². The van der Waals surface area contributed by atoms with E-state index in [1.54, 1.807) is 0 Å². The van der Waals surface area contributed by atoms with Crippen molar-refractivity contribution in [2.75, 3.05) is 4.90 Å². The molecule has 0 fully saturated rings. The van der Waals surface area contributed by atoms with Gasteiger partial charge in [-0.15, -0.1) is 0 Å². The molecule has 116 valence electrons. The van der Waals surface area contributed by atoms with Crippen molar-refractivity contribution in [1.29, 1.82) is 0 Å². The van der Waals surface area contributed by atoms with E-state index in [0.29, 0.717) is 24.3 Å². The van der Waals surface area contributed by atoms with E-state index in [1.165, 1.54) is 11.3 Å². The molecule has 0 spiro atoms. The summed E-state index contributed by atoms with van der Waals surface area (Å²) in [5.41, 5.74) is 3.66. The first-order chi connectivity index (χ1) is 11.3. The van der Waals surface area contributed by atoms with E-state index in [2.05, 4.69) is 46.2 Å². The van der Waals surface area contributed by atoms with Crippen LogP contribution < -0.4 is 4.90 Å². The molecule has 2 heterocycles. The molecule has 0 amide bonds. The van der Waals surface area contributed by atoms with Crippen LogP contribution in [0, 0.1) is 0 Å². The molecule has 0 N–H and O–H groups in total. The molecular weight excluding hydrogens is 286 g/mol. The summed E-state index contributed by atoms with van der Waals surface area (Å²) < 4.78 is 5.48. The molecule has 1 atom stereocenters. The monoisotopic (exact) mass is 305 g/mol. The summed E-state index contributed by atoms with van der Waals surface area (Å²) >= 11 is 0. The highest BCUT2D eigenvalue weighted by atomic mass is 16.5. The Morgan fingerprint density at radius 1 is 1.09 bits per heavy atom. The van der Waals surface area contributed by atoms with Gasteiger partial charge in [0.25, 0.3) is 0 Å². The molecule has 4 heteroatoms. The number of nitrogens with zero attached hydrogens (tertiary/aromatic N) is 3. The van der Waals surface area contributed by atoms with Crippen molar-refractivity contribution in [1.82, 2.24) is 10.1 Å². The molecule has 1 aliphatic rings. The number of hydrogen-bond donors (Lipinski definition) is 0. The molecule has 0 saturated carbocycles. The molecule has 0 aliphatic carbocycles. The minimum absolute atomic E-state index is 0.469. The lowest BCUT2D eigenvalue weighted by atomic mass is 9.97. The van der Waals surface area contributed by atoms with E-state index >= 15 is 0 Å². The molecule has 1 aliphatic heterocycles. The van der Waals surface area contributed by atoms with Crippen LogP contribution in [-0.4, -0.2) is 16.2 Å². The molecule has 0 bridgehead atoms. The van der Waals surface area contributed by atoms with E-state index in [0.717, 1.165) is 18.4 Å². The first-order valence-electron chi connectivity index (χ1n) is 8.04. The maximum atomic E-state index is 5.48. The van der Waals surface area contributed by atoms with Gasteiger partial charge in [0, 0.05) is 17.3 Å². The largest absolute Gasteiger partial charge is 0.359 e. The molecule has 4 rings (SSSR count). The third-order valence-corrected chi connectivity index (χ3v) is 4.47. The number of rotatable bonds is 3. The summed E-state index contributed by atoms with van der Waals surface area (Å²) in [4.78, 5) is 6.92. The number of aromatic nitrogens is 2. The van der Waals surface area contributed by atoms with Crippen molar-refractivity contribution >= 4 is 5.69 Å². The summed E-state index contributed by atoms with van der Waals surface area (Å²) in [6.45, 7) is 2.91. The first kappa shape index (κ1) is 14.0. The number of aryl methyl sites for hydroxylation is 1. The zero-order valence-electron chi connectivity index (χ0n) is 13.1. The molecular formula is C19H19N3O. The predicted molar refractivity (Wildman–Crippen MR) is 90.1 cm³/mol. The van der Waals surface area contributed by atoms with Gasteiger partial charge in [0.2, 0.25) is 11.7 Å². The number of anilines is 1. The van der Waals surface area contributed by atoms with Crippen LogP contribution in [0.5, 0.6) is 0 Å². The molecule has 3 aromatic rings. The third kappa shape index (κ3) is 2.72. The molecule has 4 nitrogen and oxygen atoms in total. The van der Waals surface area contributed by atoms with Crippen LogP contribution in [0.25, 0.3) is 11.4 Å². The van der Waals surface area contributed by atoms with Gasteiger partial charge in [0.15, 0.2) is 0 Å². The van der Waals surface area contributed by atoms with E-state index in [4.69, 9.17) is 4.52 Å². The summed E-state index contributed by atoms with van der Waals surface area (Å²) in [5, 5.41) is 4.12. The maximum absolute atomic E-state index is 5.48. The van der Waals surface area contributed by atoms with E-state index < -0.39 is 0 Å². The second kappa shape index (κ2) is 5.88. The van der Waals surface area contributed by atoms with Gasteiger partial charge in [0.05, 0.1) is 6.54 Å². The van der Waals surface area contributed by atoms with Crippen LogP contribution in [0.1, 0.15) is 24.8 Å². The van der Waals surface area contributed by atoms with Crippen molar-refractivity contribution in [3.63, 3.8) is 0 Å². The van der Waals surface area contributed by atoms with E-state index in [-0.39, 0.29) is 0 Å². The SMILES string of the molecule is C[C@@H]1CCc2ccccc2N1Cc1nc(-c2ccccc2)no1. The van der Waals surface area contributed by atoms with Crippen LogP contribution in [0.15, 0.2) is 59.1 Å². The normalized spacial score (nSPS) is 17.1. The smallest absolute Gasteiger partial charge is 0.246 e. The average Bonchev–Trinajstić information content (AvgIpc) is 3.07. The summed E-state index contributed by atoms with van der Waals surface area (Å²) in [7, 11) is 0. The Bertz CT molecular complexity index is 797. The van der Waals surface area contributed by atoms with Gasteiger partial charge in [-0.05, 0) is 31.4 Å². The fourth-order valence-corrected chi connectivity index (χ4v) is 3.17. The highest BCUT2D eigenvalue weighted by Crippen LogP contribution is 2.31. The minimum Gasteiger partial charge on any atom is -0.359 e. The van der Waals surface area contributed by atoms with Gasteiger partial charge in [-0.3, -0.25) is 0 Å². The Hall–Kier alpha value is -2.62. The second-order valence-corrected chi connectivity index (χ2v) is 6.02. The molecule has 0 unspecified atom stereocenters. The lowest BCUT2D eigenvalue weighted by molar-refractivity contribution is 0.369. The van der Waals surface area contributed by atoms with Crippen molar-refractivity contribution in [3.05, 3.63) is 66.1 Å². The van der Waals surface area contributed by atoms with E-state index in [1.807, 2.05) is 30.3 Å². The lowest BCUT2D eigenvalue weighted by Gasteiger charge is -2.36. The Morgan fingerprint density at radius 2 is 1.87 bits per heavy atom. The molecule has 1 aromatic heterocycles. The Balaban J connectivity index is 1.60. The highest BCUT2D eigenvalue weighted by Gasteiger charge is 2.24. The number of hydrogen-bond acceptors (Lipinski definition) is 4. The minimum atomic E-state index is 0.469. The maximum Gasteiger partial charge on any atom is 0.246 e. The standard InChI is InChI=1S/C19H19N3O/c1-14-11-12-15-7-5-6-10-17(15)22(14)13-18-20-19(21-23-18)16-8-3-2-4-9-16/h2-10,14H,11-13H2,1H3/t14-/m1/s1. The summed E-state index contributed by atoms with van der Waals surface area (Å²) in [6.07, 6.45) is 2.28. The van der Waals surface area contributed by atoms with Gasteiger partial charge >= 0.3 is 0 Å². The number of para-hydroxylation sites is 1. The van der Waals surface area contributed by atoms with Crippen molar-refractivity contribution in [3.8, 4) is 11.4 Å².